The number of benzene rings is 1. The van der Waals surface area contributed by atoms with E-state index >= 15 is 0 Å². The summed E-state index contributed by atoms with van der Waals surface area (Å²) in [7, 11) is 1.57. The second kappa shape index (κ2) is 5.36. The monoisotopic (exact) mass is 295 g/mol. The molecule has 17 heavy (non-hydrogen) atoms. The first-order valence-corrected chi connectivity index (χ1v) is 6.29. The Morgan fingerprint density at radius 3 is 2.76 bits per heavy atom. The second-order valence-corrected chi connectivity index (χ2v) is 4.87. The van der Waals surface area contributed by atoms with E-state index in [1.54, 1.807) is 19.2 Å². The van der Waals surface area contributed by atoms with Gasteiger partial charge in [-0.3, -0.25) is 4.79 Å². The largest absolute Gasteiger partial charge is 0.496 e. The van der Waals surface area contributed by atoms with Crippen molar-refractivity contribution in [1.82, 2.24) is 5.32 Å². The number of hydrogen-bond donors (Lipinski definition) is 1. The Kier molecular flexibility index (Phi) is 3.84. The van der Waals surface area contributed by atoms with Crippen LogP contribution >= 0.6 is 15.9 Å². The molecule has 1 aromatic rings. The fourth-order valence-corrected chi connectivity index (χ4v) is 2.19. The smallest absolute Gasteiger partial charge is 0.255 e. The van der Waals surface area contributed by atoms with E-state index < -0.39 is 0 Å². The van der Waals surface area contributed by atoms with Gasteiger partial charge in [-0.05, 0) is 31.0 Å². The molecule has 0 atom stereocenters. The maximum absolute atomic E-state index is 12.1. The highest BCUT2D eigenvalue weighted by Crippen LogP contribution is 2.23. The molecule has 0 fully saturated rings. The molecule has 3 nitrogen and oxygen atoms in total. The van der Waals surface area contributed by atoms with Crippen LogP contribution in [0.4, 0.5) is 0 Å². The molecular weight excluding hydrogens is 282 g/mol. The molecule has 0 aromatic heterocycles. The van der Waals surface area contributed by atoms with Gasteiger partial charge in [0.05, 0.1) is 12.7 Å². The summed E-state index contributed by atoms with van der Waals surface area (Å²) in [6.45, 7) is 0. The first kappa shape index (κ1) is 12.2. The number of halogens is 1. The lowest BCUT2D eigenvalue weighted by Gasteiger charge is -2.14. The molecule has 1 aliphatic rings. The van der Waals surface area contributed by atoms with Gasteiger partial charge in [0, 0.05) is 10.5 Å². The summed E-state index contributed by atoms with van der Waals surface area (Å²) < 4.78 is 6.10. The van der Waals surface area contributed by atoms with Gasteiger partial charge in [0.15, 0.2) is 0 Å². The third kappa shape index (κ3) is 2.88. The van der Waals surface area contributed by atoms with E-state index in [1.807, 2.05) is 6.07 Å². The Hall–Kier alpha value is -1.29. The predicted octanol–water partition coefficient (Wildman–Crippen LogP) is 2.91. The van der Waals surface area contributed by atoms with E-state index in [-0.39, 0.29) is 11.9 Å². The molecule has 0 spiro atoms. The highest BCUT2D eigenvalue weighted by molar-refractivity contribution is 9.10. The quantitative estimate of drug-likeness (QED) is 0.871. The van der Waals surface area contributed by atoms with Crippen LogP contribution in [0.3, 0.4) is 0 Å². The van der Waals surface area contributed by atoms with Crippen molar-refractivity contribution in [3.05, 3.63) is 40.4 Å². The van der Waals surface area contributed by atoms with Crippen LogP contribution in [0.1, 0.15) is 23.2 Å². The Morgan fingerprint density at radius 1 is 1.41 bits per heavy atom. The van der Waals surface area contributed by atoms with Gasteiger partial charge in [0.2, 0.25) is 0 Å². The molecule has 2 rings (SSSR count). The number of hydrogen-bond acceptors (Lipinski definition) is 2. The highest BCUT2D eigenvalue weighted by atomic mass is 79.9. The number of ether oxygens (including phenoxy) is 1. The van der Waals surface area contributed by atoms with Crippen LogP contribution in [0.2, 0.25) is 0 Å². The first-order valence-electron chi connectivity index (χ1n) is 5.50. The Morgan fingerprint density at radius 2 is 2.12 bits per heavy atom. The molecule has 1 amide bonds. The molecule has 1 N–H and O–H groups in total. The van der Waals surface area contributed by atoms with Crippen molar-refractivity contribution in [2.24, 2.45) is 0 Å². The van der Waals surface area contributed by atoms with Gasteiger partial charge in [0.1, 0.15) is 5.75 Å². The van der Waals surface area contributed by atoms with Gasteiger partial charge in [-0.25, -0.2) is 0 Å². The predicted molar refractivity (Wildman–Crippen MR) is 70.3 cm³/mol. The Bertz CT molecular complexity index is 449. The van der Waals surface area contributed by atoms with Crippen molar-refractivity contribution < 1.29 is 9.53 Å². The molecule has 0 saturated carbocycles. The van der Waals surface area contributed by atoms with Crippen LogP contribution in [0.25, 0.3) is 0 Å². The van der Waals surface area contributed by atoms with Gasteiger partial charge in [-0.15, -0.1) is 0 Å². The summed E-state index contributed by atoms with van der Waals surface area (Å²) in [6.07, 6.45) is 5.99. The van der Waals surface area contributed by atoms with Crippen LogP contribution in [0.15, 0.2) is 34.8 Å². The standard InChI is InChI=1S/C13H14BrNO2/c1-17-12-8-9(14)6-7-11(12)13(16)15-10-4-2-3-5-10/h2-3,6-8,10H,4-5H2,1H3,(H,15,16). The lowest BCUT2D eigenvalue weighted by Crippen LogP contribution is -2.33. The molecule has 0 saturated heterocycles. The van der Waals surface area contributed by atoms with Crippen molar-refractivity contribution in [3.8, 4) is 5.75 Å². The average Bonchev–Trinajstić information content (AvgIpc) is 2.81. The SMILES string of the molecule is COc1cc(Br)ccc1C(=O)NC1CC=CC1. The molecule has 1 aromatic carbocycles. The van der Waals surface area contributed by atoms with Gasteiger partial charge in [-0.2, -0.15) is 0 Å². The van der Waals surface area contributed by atoms with Crippen molar-refractivity contribution in [2.45, 2.75) is 18.9 Å². The first-order chi connectivity index (χ1) is 8.20. The number of carbonyl (C=O) groups is 1. The van der Waals surface area contributed by atoms with Crippen LogP contribution in [0.5, 0.6) is 5.75 Å². The minimum Gasteiger partial charge on any atom is -0.496 e. The molecule has 0 heterocycles. The van der Waals surface area contributed by atoms with Crippen molar-refractivity contribution in [3.63, 3.8) is 0 Å². The molecule has 90 valence electrons. The molecule has 0 unspecified atom stereocenters. The second-order valence-electron chi connectivity index (χ2n) is 3.96. The Labute approximate surface area is 109 Å². The minimum absolute atomic E-state index is 0.0805. The van der Waals surface area contributed by atoms with Gasteiger partial charge in [0.25, 0.3) is 5.91 Å². The van der Waals surface area contributed by atoms with E-state index in [9.17, 15) is 4.79 Å². The van der Waals surface area contributed by atoms with E-state index in [0.717, 1.165) is 17.3 Å². The van der Waals surface area contributed by atoms with Crippen molar-refractivity contribution in [2.75, 3.05) is 7.11 Å². The zero-order valence-corrected chi connectivity index (χ0v) is 11.2. The lowest BCUT2D eigenvalue weighted by molar-refractivity contribution is 0.0936. The molecule has 0 radical (unpaired) electrons. The number of rotatable bonds is 3. The zero-order valence-electron chi connectivity index (χ0n) is 9.57. The van der Waals surface area contributed by atoms with Crippen LogP contribution in [0, 0.1) is 0 Å². The summed E-state index contributed by atoms with van der Waals surface area (Å²) in [5.74, 6) is 0.505. The van der Waals surface area contributed by atoms with Crippen molar-refractivity contribution in [1.29, 1.82) is 0 Å². The van der Waals surface area contributed by atoms with Crippen LogP contribution in [-0.4, -0.2) is 19.1 Å². The maximum Gasteiger partial charge on any atom is 0.255 e. The normalized spacial score (nSPS) is 14.9. The van der Waals surface area contributed by atoms with E-state index in [4.69, 9.17) is 4.74 Å². The fourth-order valence-electron chi connectivity index (χ4n) is 1.85. The van der Waals surface area contributed by atoms with Crippen LogP contribution < -0.4 is 10.1 Å². The molecule has 0 aliphatic heterocycles. The number of amides is 1. The van der Waals surface area contributed by atoms with Gasteiger partial charge in [-0.1, -0.05) is 28.1 Å². The van der Waals surface area contributed by atoms with Gasteiger partial charge >= 0.3 is 0 Å². The summed E-state index contributed by atoms with van der Waals surface area (Å²) >= 11 is 3.35. The average molecular weight is 296 g/mol. The highest BCUT2D eigenvalue weighted by Gasteiger charge is 2.17. The van der Waals surface area contributed by atoms with Crippen molar-refractivity contribution >= 4 is 21.8 Å². The zero-order chi connectivity index (χ0) is 12.3. The molecule has 1 aliphatic carbocycles. The molecule has 0 bridgehead atoms. The summed E-state index contributed by atoms with van der Waals surface area (Å²) in [4.78, 5) is 12.1. The molecule has 4 heteroatoms. The van der Waals surface area contributed by atoms with E-state index in [1.165, 1.54) is 0 Å². The lowest BCUT2D eigenvalue weighted by atomic mass is 10.1. The summed E-state index contributed by atoms with van der Waals surface area (Å²) in [5.41, 5.74) is 0.572. The number of methoxy groups -OCH3 is 1. The van der Waals surface area contributed by atoms with Gasteiger partial charge < -0.3 is 10.1 Å². The third-order valence-electron chi connectivity index (χ3n) is 2.75. The fraction of sp³-hybridized carbons (Fsp3) is 0.308. The van der Waals surface area contributed by atoms with Crippen LogP contribution in [-0.2, 0) is 0 Å². The third-order valence-corrected chi connectivity index (χ3v) is 3.24. The molecular formula is C13H14BrNO2. The number of carbonyl (C=O) groups excluding carboxylic acids is 1. The summed E-state index contributed by atoms with van der Waals surface area (Å²) in [5, 5.41) is 2.99. The topological polar surface area (TPSA) is 38.3 Å². The van der Waals surface area contributed by atoms with E-state index in [0.29, 0.717) is 11.3 Å². The minimum atomic E-state index is -0.0805. The number of nitrogens with one attached hydrogen (secondary N) is 1. The van der Waals surface area contributed by atoms with E-state index in [2.05, 4.69) is 33.4 Å². The summed E-state index contributed by atoms with van der Waals surface area (Å²) in [6, 6.07) is 5.61. The maximum atomic E-state index is 12.1. The Balaban J connectivity index is 2.12.